The lowest BCUT2D eigenvalue weighted by molar-refractivity contribution is -0.139. The molecule has 0 bridgehead atoms. The lowest BCUT2D eigenvalue weighted by atomic mass is 10.1. The Bertz CT molecular complexity index is 241. The molecular weight excluding hydrogens is 208 g/mol. The highest BCUT2D eigenvalue weighted by Gasteiger charge is 2.29. The van der Waals surface area contributed by atoms with E-state index in [0.29, 0.717) is 19.8 Å². The number of morpholine rings is 1. The molecule has 0 aromatic rings. The van der Waals surface area contributed by atoms with Crippen LogP contribution in [0, 0.1) is 0 Å². The molecule has 5 nitrogen and oxygen atoms in total. The average Bonchev–Trinajstić information content (AvgIpc) is 2.39. The molecule has 0 spiro atoms. The molecule has 0 saturated carbocycles. The Balaban J connectivity index is 1.87. The van der Waals surface area contributed by atoms with Gasteiger partial charge in [-0.3, -0.25) is 4.79 Å². The smallest absolute Gasteiger partial charge is 0.242 e. The minimum Gasteiger partial charge on any atom is -0.380 e. The van der Waals surface area contributed by atoms with Crippen molar-refractivity contribution in [1.29, 1.82) is 0 Å². The van der Waals surface area contributed by atoms with Gasteiger partial charge in [-0.25, -0.2) is 0 Å². The van der Waals surface area contributed by atoms with Crippen LogP contribution in [0.3, 0.4) is 0 Å². The number of hydrogen-bond acceptors (Lipinski definition) is 4. The number of piperidine rings is 1. The van der Waals surface area contributed by atoms with E-state index in [0.717, 1.165) is 25.9 Å². The van der Waals surface area contributed by atoms with Gasteiger partial charge in [-0.2, -0.15) is 0 Å². The first kappa shape index (κ1) is 11.8. The number of carbonyl (C=O) groups is 1. The van der Waals surface area contributed by atoms with Crippen molar-refractivity contribution in [2.24, 2.45) is 0 Å². The molecule has 2 heterocycles. The van der Waals surface area contributed by atoms with Gasteiger partial charge in [0.2, 0.25) is 5.91 Å². The summed E-state index contributed by atoms with van der Waals surface area (Å²) in [7, 11) is 1.71. The second-order valence-corrected chi connectivity index (χ2v) is 4.37. The van der Waals surface area contributed by atoms with Gasteiger partial charge in [0.25, 0.3) is 0 Å². The Morgan fingerprint density at radius 3 is 3.12 bits per heavy atom. The van der Waals surface area contributed by atoms with Crippen LogP contribution >= 0.6 is 0 Å². The molecule has 2 aliphatic rings. The van der Waals surface area contributed by atoms with Crippen LogP contribution in [0.2, 0.25) is 0 Å². The highest BCUT2D eigenvalue weighted by molar-refractivity contribution is 5.82. The number of likely N-dealkylation sites (tertiary alicyclic amines) is 1. The molecule has 2 atom stereocenters. The number of hydrogen-bond donors (Lipinski definition) is 1. The number of nitrogens with zero attached hydrogens (tertiary/aromatic N) is 1. The molecule has 2 saturated heterocycles. The normalized spacial score (nSPS) is 31.4. The average molecular weight is 228 g/mol. The minimum absolute atomic E-state index is 0.154. The van der Waals surface area contributed by atoms with Crippen LogP contribution in [0.4, 0.5) is 0 Å². The van der Waals surface area contributed by atoms with Crippen molar-refractivity contribution >= 4 is 5.91 Å². The van der Waals surface area contributed by atoms with Crippen molar-refractivity contribution < 1.29 is 14.3 Å². The van der Waals surface area contributed by atoms with Gasteiger partial charge in [0.05, 0.1) is 19.3 Å². The van der Waals surface area contributed by atoms with E-state index in [1.54, 1.807) is 7.11 Å². The Hall–Kier alpha value is -0.650. The van der Waals surface area contributed by atoms with Gasteiger partial charge in [-0.1, -0.05) is 0 Å². The maximum Gasteiger partial charge on any atom is 0.242 e. The van der Waals surface area contributed by atoms with E-state index in [9.17, 15) is 4.79 Å². The molecule has 2 unspecified atom stereocenters. The molecule has 2 aliphatic heterocycles. The van der Waals surface area contributed by atoms with Gasteiger partial charge >= 0.3 is 0 Å². The standard InChI is InChI=1S/C11H20N2O3/c1-15-9-3-2-5-13(7-9)11(14)10-8-16-6-4-12-10/h9-10,12H,2-8H2,1H3. The van der Waals surface area contributed by atoms with Crippen molar-refractivity contribution in [3.8, 4) is 0 Å². The molecule has 5 heteroatoms. The monoisotopic (exact) mass is 228 g/mol. The quantitative estimate of drug-likeness (QED) is 0.699. The van der Waals surface area contributed by atoms with Crippen molar-refractivity contribution in [3.63, 3.8) is 0 Å². The lowest BCUT2D eigenvalue weighted by Crippen LogP contribution is -2.55. The lowest BCUT2D eigenvalue weighted by Gasteiger charge is -2.35. The van der Waals surface area contributed by atoms with Gasteiger partial charge in [0.15, 0.2) is 0 Å². The van der Waals surface area contributed by atoms with Gasteiger partial charge < -0.3 is 19.7 Å². The minimum atomic E-state index is -0.163. The predicted octanol–water partition coefficient (Wildman–Crippen LogP) is -0.388. The second-order valence-electron chi connectivity index (χ2n) is 4.37. The van der Waals surface area contributed by atoms with Crippen LogP contribution in [-0.2, 0) is 14.3 Å². The fraction of sp³-hybridized carbons (Fsp3) is 0.909. The zero-order valence-electron chi connectivity index (χ0n) is 9.78. The summed E-state index contributed by atoms with van der Waals surface area (Å²) < 4.78 is 10.6. The molecular formula is C11H20N2O3. The molecule has 0 aromatic carbocycles. The van der Waals surface area contributed by atoms with Gasteiger partial charge in [-0.05, 0) is 12.8 Å². The number of amides is 1. The van der Waals surface area contributed by atoms with Crippen LogP contribution in [0.1, 0.15) is 12.8 Å². The van der Waals surface area contributed by atoms with Crippen LogP contribution in [-0.4, -0.2) is 62.9 Å². The van der Waals surface area contributed by atoms with Crippen molar-refractivity contribution in [2.75, 3.05) is 40.0 Å². The molecule has 2 fully saturated rings. The molecule has 2 rings (SSSR count). The second kappa shape index (κ2) is 5.61. The molecule has 1 N–H and O–H groups in total. The molecule has 16 heavy (non-hydrogen) atoms. The van der Waals surface area contributed by atoms with Gasteiger partial charge in [0.1, 0.15) is 6.04 Å². The topological polar surface area (TPSA) is 50.8 Å². The maximum atomic E-state index is 12.1. The van der Waals surface area contributed by atoms with Gasteiger partial charge in [-0.15, -0.1) is 0 Å². The third-order valence-corrected chi connectivity index (χ3v) is 3.24. The zero-order chi connectivity index (χ0) is 11.4. The van der Waals surface area contributed by atoms with Crippen molar-refractivity contribution in [1.82, 2.24) is 10.2 Å². The highest BCUT2D eigenvalue weighted by atomic mass is 16.5. The Morgan fingerprint density at radius 2 is 2.44 bits per heavy atom. The van der Waals surface area contributed by atoms with Crippen LogP contribution in [0.5, 0.6) is 0 Å². The van der Waals surface area contributed by atoms with E-state index >= 15 is 0 Å². The summed E-state index contributed by atoms with van der Waals surface area (Å²) >= 11 is 0. The number of ether oxygens (including phenoxy) is 2. The van der Waals surface area contributed by atoms with E-state index in [1.807, 2.05) is 4.90 Å². The number of rotatable bonds is 2. The summed E-state index contributed by atoms with van der Waals surface area (Å²) in [4.78, 5) is 14.0. The first-order chi connectivity index (χ1) is 7.81. The van der Waals surface area contributed by atoms with E-state index in [4.69, 9.17) is 9.47 Å². The van der Waals surface area contributed by atoms with Crippen LogP contribution in [0.15, 0.2) is 0 Å². The van der Waals surface area contributed by atoms with Crippen molar-refractivity contribution in [2.45, 2.75) is 25.0 Å². The van der Waals surface area contributed by atoms with Crippen molar-refractivity contribution in [3.05, 3.63) is 0 Å². The summed E-state index contributed by atoms with van der Waals surface area (Å²) in [6.07, 6.45) is 2.27. The maximum absolute atomic E-state index is 12.1. The molecule has 0 aliphatic carbocycles. The predicted molar refractivity (Wildman–Crippen MR) is 59.2 cm³/mol. The summed E-state index contributed by atoms with van der Waals surface area (Å²) in [6.45, 7) is 3.51. The Kier molecular flexibility index (Phi) is 4.15. The number of carbonyl (C=O) groups excluding carboxylic acids is 1. The molecule has 1 amide bonds. The summed E-state index contributed by atoms with van der Waals surface area (Å²) in [6, 6.07) is -0.163. The van der Waals surface area contributed by atoms with Gasteiger partial charge in [0, 0.05) is 26.7 Å². The number of nitrogens with one attached hydrogen (secondary N) is 1. The first-order valence-electron chi connectivity index (χ1n) is 5.94. The van der Waals surface area contributed by atoms with E-state index in [1.165, 1.54) is 0 Å². The number of methoxy groups -OCH3 is 1. The summed E-state index contributed by atoms with van der Waals surface area (Å²) in [5.74, 6) is 0.154. The molecule has 0 aromatic heterocycles. The Labute approximate surface area is 96.1 Å². The third kappa shape index (κ3) is 2.72. The Morgan fingerprint density at radius 1 is 1.56 bits per heavy atom. The zero-order valence-corrected chi connectivity index (χ0v) is 9.78. The summed E-state index contributed by atoms with van der Waals surface area (Å²) in [5, 5.41) is 3.19. The van der Waals surface area contributed by atoms with E-state index in [-0.39, 0.29) is 18.1 Å². The fourth-order valence-corrected chi connectivity index (χ4v) is 2.28. The van der Waals surface area contributed by atoms with Crippen LogP contribution < -0.4 is 5.32 Å². The fourth-order valence-electron chi connectivity index (χ4n) is 2.28. The van der Waals surface area contributed by atoms with E-state index < -0.39 is 0 Å². The molecule has 92 valence electrons. The van der Waals surface area contributed by atoms with Crippen LogP contribution in [0.25, 0.3) is 0 Å². The largest absolute Gasteiger partial charge is 0.380 e. The summed E-state index contributed by atoms with van der Waals surface area (Å²) in [5.41, 5.74) is 0. The first-order valence-corrected chi connectivity index (χ1v) is 5.94. The SMILES string of the molecule is COC1CCCN(C(=O)C2COCCN2)C1. The van der Waals surface area contributed by atoms with E-state index in [2.05, 4.69) is 5.32 Å². The highest BCUT2D eigenvalue weighted by Crippen LogP contribution is 2.14. The molecule has 0 radical (unpaired) electrons. The third-order valence-electron chi connectivity index (χ3n) is 3.24.